The molecular weight excluding hydrogens is 460 g/mol. The van der Waals surface area contributed by atoms with Crippen LogP contribution in [0.5, 0.6) is 0 Å². The molecule has 2 aromatic carbocycles. The van der Waals surface area contributed by atoms with Crippen molar-refractivity contribution in [3.8, 4) is 0 Å². The van der Waals surface area contributed by atoms with E-state index in [-0.39, 0.29) is 5.91 Å². The van der Waals surface area contributed by atoms with Crippen molar-refractivity contribution in [1.29, 1.82) is 0 Å². The van der Waals surface area contributed by atoms with Crippen LogP contribution in [0.25, 0.3) is 11.1 Å². The summed E-state index contributed by atoms with van der Waals surface area (Å²) in [6.07, 6.45) is 0. The summed E-state index contributed by atoms with van der Waals surface area (Å²) in [6, 6.07) is 15.2. The summed E-state index contributed by atoms with van der Waals surface area (Å²) in [6.45, 7) is 5.29. The predicted octanol–water partition coefficient (Wildman–Crippen LogP) is 5.03. The zero-order chi connectivity index (χ0) is 22.8. The summed E-state index contributed by atoms with van der Waals surface area (Å²) in [5.74, 6) is 2.14. The lowest BCUT2D eigenvalue weighted by Gasteiger charge is -2.34. The monoisotopic (exact) mass is 482 g/mol. The summed E-state index contributed by atoms with van der Waals surface area (Å²) in [7, 11) is 0. The Morgan fingerprint density at radius 3 is 2.70 bits per heavy atom. The van der Waals surface area contributed by atoms with Gasteiger partial charge in [0, 0.05) is 42.9 Å². The Balaban J connectivity index is 1.20. The SMILES string of the molecule is Cc1cc(CSc2ccccc2C(=O)N2CCN(Cc3nc4cccc(Cl)c4o3)CC2)no1. The van der Waals surface area contributed by atoms with Crippen molar-refractivity contribution in [2.75, 3.05) is 26.2 Å². The average Bonchev–Trinajstić information content (AvgIpc) is 3.44. The lowest BCUT2D eigenvalue weighted by molar-refractivity contribution is 0.0615. The largest absolute Gasteiger partial charge is 0.438 e. The molecule has 2 aromatic heterocycles. The molecule has 5 rings (SSSR count). The van der Waals surface area contributed by atoms with Gasteiger partial charge in [0.2, 0.25) is 5.89 Å². The number of hydrogen-bond acceptors (Lipinski definition) is 7. The van der Waals surface area contributed by atoms with Crippen LogP contribution in [0.4, 0.5) is 0 Å². The maximum absolute atomic E-state index is 13.3. The minimum Gasteiger partial charge on any atom is -0.438 e. The molecule has 4 aromatic rings. The van der Waals surface area contributed by atoms with Crippen LogP contribution in [0, 0.1) is 6.92 Å². The highest BCUT2D eigenvalue weighted by Crippen LogP contribution is 2.28. The molecule has 1 fully saturated rings. The molecule has 0 unspecified atom stereocenters. The van der Waals surface area contributed by atoms with Crippen LogP contribution in [-0.2, 0) is 12.3 Å². The van der Waals surface area contributed by atoms with E-state index in [0.717, 1.165) is 40.5 Å². The van der Waals surface area contributed by atoms with Crippen molar-refractivity contribution in [3.05, 3.63) is 76.5 Å². The van der Waals surface area contributed by atoms with Gasteiger partial charge in [-0.3, -0.25) is 9.69 Å². The molecule has 9 heteroatoms. The van der Waals surface area contributed by atoms with E-state index in [4.69, 9.17) is 20.5 Å². The molecule has 1 saturated heterocycles. The molecule has 0 N–H and O–H groups in total. The average molecular weight is 483 g/mol. The van der Waals surface area contributed by atoms with Crippen molar-refractivity contribution in [2.24, 2.45) is 0 Å². The maximum atomic E-state index is 13.3. The van der Waals surface area contributed by atoms with E-state index in [1.165, 1.54) is 0 Å². The number of hydrogen-bond donors (Lipinski definition) is 0. The zero-order valence-electron chi connectivity index (χ0n) is 18.2. The Morgan fingerprint density at radius 2 is 1.94 bits per heavy atom. The fraction of sp³-hybridized carbons (Fsp3) is 0.292. The topological polar surface area (TPSA) is 75.6 Å². The van der Waals surface area contributed by atoms with Crippen molar-refractivity contribution in [2.45, 2.75) is 24.1 Å². The van der Waals surface area contributed by atoms with E-state index < -0.39 is 0 Å². The lowest BCUT2D eigenvalue weighted by atomic mass is 10.2. The number of carbonyl (C=O) groups is 1. The molecule has 1 aliphatic heterocycles. The molecule has 1 aliphatic rings. The van der Waals surface area contributed by atoms with Gasteiger partial charge in [0.25, 0.3) is 5.91 Å². The standard InChI is InChI=1S/C24H23ClN4O3S/c1-16-13-17(27-32-16)15-33-21-8-3-2-5-18(21)24(30)29-11-9-28(10-12-29)14-22-26-20-7-4-6-19(25)23(20)31-22/h2-8,13H,9-12,14-15H2,1H3. The van der Waals surface area contributed by atoms with E-state index in [2.05, 4.69) is 15.0 Å². The highest BCUT2D eigenvalue weighted by atomic mass is 35.5. The number of aryl methyl sites for hydroxylation is 1. The number of para-hydroxylation sites is 1. The highest BCUT2D eigenvalue weighted by Gasteiger charge is 2.25. The fourth-order valence-electron chi connectivity index (χ4n) is 3.91. The van der Waals surface area contributed by atoms with Gasteiger partial charge in [-0.05, 0) is 31.2 Å². The van der Waals surface area contributed by atoms with Crippen LogP contribution in [0.2, 0.25) is 5.02 Å². The van der Waals surface area contributed by atoms with Crippen LogP contribution in [0.15, 0.2) is 62.4 Å². The van der Waals surface area contributed by atoms with Crippen LogP contribution >= 0.6 is 23.4 Å². The normalized spacial score (nSPS) is 14.8. The van der Waals surface area contributed by atoms with Crippen LogP contribution in [-0.4, -0.2) is 52.0 Å². The number of oxazole rings is 1. The van der Waals surface area contributed by atoms with Gasteiger partial charge < -0.3 is 13.8 Å². The Morgan fingerprint density at radius 1 is 1.12 bits per heavy atom. The molecule has 33 heavy (non-hydrogen) atoms. The first kappa shape index (κ1) is 22.0. The molecule has 0 aliphatic carbocycles. The second kappa shape index (κ2) is 9.59. The smallest absolute Gasteiger partial charge is 0.255 e. The number of amides is 1. The zero-order valence-corrected chi connectivity index (χ0v) is 19.7. The molecule has 0 atom stereocenters. The van der Waals surface area contributed by atoms with Crippen LogP contribution in [0.1, 0.15) is 27.7 Å². The third kappa shape index (κ3) is 4.93. The summed E-state index contributed by atoms with van der Waals surface area (Å²) in [5, 5.41) is 4.61. The Bertz CT molecular complexity index is 1280. The Hall–Kier alpha value is -2.81. The number of benzene rings is 2. The molecule has 0 bridgehead atoms. The lowest BCUT2D eigenvalue weighted by Crippen LogP contribution is -2.48. The number of fused-ring (bicyclic) bond motifs is 1. The number of aromatic nitrogens is 2. The quantitative estimate of drug-likeness (QED) is 0.357. The third-order valence-electron chi connectivity index (χ3n) is 5.60. The minimum atomic E-state index is 0.0581. The first-order valence-electron chi connectivity index (χ1n) is 10.8. The summed E-state index contributed by atoms with van der Waals surface area (Å²) >= 11 is 7.79. The molecule has 3 heterocycles. The van der Waals surface area contributed by atoms with Gasteiger partial charge in [-0.15, -0.1) is 11.8 Å². The van der Waals surface area contributed by atoms with E-state index in [1.807, 2.05) is 54.3 Å². The number of halogens is 1. The highest BCUT2D eigenvalue weighted by molar-refractivity contribution is 7.98. The van der Waals surface area contributed by atoms with Crippen molar-refractivity contribution < 1.29 is 13.7 Å². The van der Waals surface area contributed by atoms with E-state index >= 15 is 0 Å². The first-order chi connectivity index (χ1) is 16.1. The Kier molecular flexibility index (Phi) is 6.39. The molecule has 170 valence electrons. The van der Waals surface area contributed by atoms with Gasteiger partial charge in [0.05, 0.1) is 22.8 Å². The maximum Gasteiger partial charge on any atom is 0.255 e. The van der Waals surface area contributed by atoms with Crippen LogP contribution < -0.4 is 0 Å². The van der Waals surface area contributed by atoms with Crippen molar-refractivity contribution in [1.82, 2.24) is 19.9 Å². The van der Waals surface area contributed by atoms with Gasteiger partial charge in [0.15, 0.2) is 5.58 Å². The second-order valence-electron chi connectivity index (χ2n) is 7.98. The summed E-state index contributed by atoms with van der Waals surface area (Å²) in [5.41, 5.74) is 2.98. The minimum absolute atomic E-state index is 0.0581. The van der Waals surface area contributed by atoms with Crippen LogP contribution in [0.3, 0.4) is 0 Å². The number of nitrogens with zero attached hydrogens (tertiary/aromatic N) is 4. The number of carbonyl (C=O) groups excluding carboxylic acids is 1. The molecule has 7 nitrogen and oxygen atoms in total. The number of thioether (sulfide) groups is 1. The fourth-order valence-corrected chi connectivity index (χ4v) is 5.04. The summed E-state index contributed by atoms with van der Waals surface area (Å²) in [4.78, 5) is 22.9. The summed E-state index contributed by atoms with van der Waals surface area (Å²) < 4.78 is 11.0. The van der Waals surface area contributed by atoms with Crippen molar-refractivity contribution in [3.63, 3.8) is 0 Å². The van der Waals surface area contributed by atoms with Gasteiger partial charge >= 0.3 is 0 Å². The van der Waals surface area contributed by atoms with Gasteiger partial charge in [0.1, 0.15) is 11.3 Å². The number of rotatable bonds is 6. The molecule has 0 saturated carbocycles. The van der Waals surface area contributed by atoms with Gasteiger partial charge in [-0.25, -0.2) is 4.98 Å². The van der Waals surface area contributed by atoms with E-state index in [9.17, 15) is 4.79 Å². The molecule has 1 amide bonds. The second-order valence-corrected chi connectivity index (χ2v) is 9.40. The van der Waals surface area contributed by atoms with E-state index in [0.29, 0.717) is 41.9 Å². The molecule has 0 radical (unpaired) electrons. The predicted molar refractivity (Wildman–Crippen MR) is 127 cm³/mol. The molecule has 0 spiro atoms. The van der Waals surface area contributed by atoms with Gasteiger partial charge in [-0.2, -0.15) is 0 Å². The number of piperazine rings is 1. The molecular formula is C24H23ClN4O3S. The van der Waals surface area contributed by atoms with E-state index in [1.54, 1.807) is 17.8 Å². The van der Waals surface area contributed by atoms with Crippen molar-refractivity contribution >= 4 is 40.4 Å². The van der Waals surface area contributed by atoms with Gasteiger partial charge in [-0.1, -0.05) is 35.0 Å². The Labute approximate surface area is 200 Å². The third-order valence-corrected chi connectivity index (χ3v) is 7.00. The first-order valence-corrected chi connectivity index (χ1v) is 12.1.